The van der Waals surface area contributed by atoms with Gasteiger partial charge in [-0.05, 0) is 18.6 Å². The number of thiazole rings is 1. The third-order valence-electron chi connectivity index (χ3n) is 3.43. The molecule has 0 saturated carbocycles. The molecular weight excluding hydrogens is 308 g/mol. The van der Waals surface area contributed by atoms with Crippen molar-refractivity contribution in [3.8, 4) is 5.75 Å². The van der Waals surface area contributed by atoms with Crippen molar-refractivity contribution in [3.05, 3.63) is 64.4 Å². The van der Waals surface area contributed by atoms with Crippen molar-refractivity contribution in [1.29, 1.82) is 0 Å². The van der Waals surface area contributed by atoms with Gasteiger partial charge in [0.2, 0.25) is 0 Å². The smallest absolute Gasteiger partial charge is 0.131 e. The summed E-state index contributed by atoms with van der Waals surface area (Å²) in [6.07, 6.45) is 3.92. The summed E-state index contributed by atoms with van der Waals surface area (Å²) in [4.78, 5) is 4.24. The van der Waals surface area contributed by atoms with Gasteiger partial charge in [0.15, 0.2) is 0 Å². The number of hydrogen-bond acceptors (Lipinski definition) is 5. The predicted molar refractivity (Wildman–Crippen MR) is 91.6 cm³/mol. The van der Waals surface area contributed by atoms with Crippen LogP contribution >= 0.6 is 11.3 Å². The summed E-state index contributed by atoms with van der Waals surface area (Å²) < 4.78 is 7.84. The summed E-state index contributed by atoms with van der Waals surface area (Å²) in [6.45, 7) is 5.05. The summed E-state index contributed by atoms with van der Waals surface area (Å²) in [5.74, 6) is 0.905. The maximum absolute atomic E-state index is 5.89. The van der Waals surface area contributed by atoms with E-state index in [0.717, 1.165) is 36.6 Å². The Morgan fingerprint density at radius 1 is 1.30 bits per heavy atom. The number of para-hydroxylation sites is 1. The molecule has 2 heterocycles. The van der Waals surface area contributed by atoms with Crippen molar-refractivity contribution in [2.24, 2.45) is 0 Å². The minimum atomic E-state index is 0.507. The summed E-state index contributed by atoms with van der Waals surface area (Å²) >= 11 is 1.58. The van der Waals surface area contributed by atoms with Crippen LogP contribution in [0.15, 0.2) is 47.5 Å². The van der Waals surface area contributed by atoms with Crippen LogP contribution in [0.25, 0.3) is 0 Å². The van der Waals surface area contributed by atoms with Crippen LogP contribution in [0.2, 0.25) is 0 Å². The van der Waals surface area contributed by atoms with Gasteiger partial charge in [-0.2, -0.15) is 5.10 Å². The normalized spacial score (nSPS) is 10.8. The first-order valence-corrected chi connectivity index (χ1v) is 8.53. The summed E-state index contributed by atoms with van der Waals surface area (Å²) in [5.41, 5.74) is 5.13. The minimum absolute atomic E-state index is 0.507. The predicted octanol–water partition coefficient (Wildman–Crippen LogP) is 3.02. The van der Waals surface area contributed by atoms with Crippen LogP contribution in [0.4, 0.5) is 0 Å². The number of benzene rings is 1. The van der Waals surface area contributed by atoms with Gasteiger partial charge in [-0.1, -0.05) is 18.2 Å². The number of aryl methyl sites for hydroxylation is 1. The molecule has 0 fully saturated rings. The highest BCUT2D eigenvalue weighted by Gasteiger charge is 2.04. The van der Waals surface area contributed by atoms with Crippen molar-refractivity contribution in [1.82, 2.24) is 20.1 Å². The molecule has 0 saturated heterocycles. The van der Waals surface area contributed by atoms with E-state index in [1.807, 2.05) is 53.1 Å². The third kappa shape index (κ3) is 4.64. The van der Waals surface area contributed by atoms with Crippen molar-refractivity contribution in [3.63, 3.8) is 0 Å². The Morgan fingerprint density at radius 2 is 2.22 bits per heavy atom. The van der Waals surface area contributed by atoms with Crippen LogP contribution in [0.5, 0.6) is 5.75 Å². The number of nitrogens with zero attached hydrogens (tertiary/aromatic N) is 3. The molecule has 0 aliphatic carbocycles. The average molecular weight is 328 g/mol. The zero-order chi connectivity index (χ0) is 15.9. The molecule has 0 spiro atoms. The summed E-state index contributed by atoms with van der Waals surface area (Å²) in [7, 11) is 0. The Morgan fingerprint density at radius 3 is 3.00 bits per heavy atom. The van der Waals surface area contributed by atoms with Crippen LogP contribution in [0.3, 0.4) is 0 Å². The highest BCUT2D eigenvalue weighted by atomic mass is 32.1. The number of aromatic nitrogens is 3. The molecule has 3 rings (SSSR count). The third-order valence-corrected chi connectivity index (χ3v) is 4.06. The lowest BCUT2D eigenvalue weighted by atomic mass is 10.2. The highest BCUT2D eigenvalue weighted by molar-refractivity contribution is 7.07. The van der Waals surface area contributed by atoms with Gasteiger partial charge in [0.1, 0.15) is 12.4 Å². The van der Waals surface area contributed by atoms with Gasteiger partial charge in [0.25, 0.3) is 0 Å². The fraction of sp³-hybridized carbons (Fsp3) is 0.294. The maximum Gasteiger partial charge on any atom is 0.131 e. The fourth-order valence-electron chi connectivity index (χ4n) is 2.26. The van der Waals surface area contributed by atoms with Crippen LogP contribution in [0, 0.1) is 6.92 Å². The van der Waals surface area contributed by atoms with Gasteiger partial charge >= 0.3 is 0 Å². The lowest BCUT2D eigenvalue weighted by molar-refractivity contribution is 0.298. The van der Waals surface area contributed by atoms with Crippen molar-refractivity contribution < 1.29 is 4.74 Å². The first kappa shape index (κ1) is 15.7. The van der Waals surface area contributed by atoms with E-state index >= 15 is 0 Å². The molecule has 0 amide bonds. The van der Waals surface area contributed by atoms with E-state index in [2.05, 4.69) is 21.5 Å². The molecule has 0 aliphatic heterocycles. The topological polar surface area (TPSA) is 52.0 Å². The Balaban J connectivity index is 1.49. The van der Waals surface area contributed by atoms with Crippen molar-refractivity contribution in [2.45, 2.75) is 26.6 Å². The quantitative estimate of drug-likeness (QED) is 0.646. The van der Waals surface area contributed by atoms with Crippen LogP contribution < -0.4 is 10.1 Å². The molecule has 2 aromatic heterocycles. The van der Waals surface area contributed by atoms with Gasteiger partial charge in [-0.3, -0.25) is 4.68 Å². The van der Waals surface area contributed by atoms with E-state index in [0.29, 0.717) is 6.61 Å². The SMILES string of the molecule is Cc1cnn(CCNCc2ccccc2OCc2cscn2)c1. The standard InChI is InChI=1S/C17H20N4OS/c1-14-8-20-21(10-14)7-6-18-9-15-4-2-3-5-17(15)22-11-16-12-23-13-19-16/h2-5,8,10,12-13,18H,6-7,9,11H2,1H3. The van der Waals surface area contributed by atoms with Crippen LogP contribution in [-0.2, 0) is 19.7 Å². The van der Waals surface area contributed by atoms with E-state index in [4.69, 9.17) is 4.74 Å². The Labute approximate surface area is 140 Å². The molecular formula is C17H20N4OS. The monoisotopic (exact) mass is 328 g/mol. The fourth-order valence-corrected chi connectivity index (χ4v) is 2.80. The molecule has 0 atom stereocenters. The Bertz CT molecular complexity index is 724. The van der Waals surface area contributed by atoms with E-state index in [1.54, 1.807) is 11.3 Å². The number of rotatable bonds is 8. The van der Waals surface area contributed by atoms with E-state index < -0.39 is 0 Å². The van der Waals surface area contributed by atoms with Crippen molar-refractivity contribution in [2.75, 3.05) is 6.54 Å². The molecule has 6 heteroatoms. The molecule has 3 aromatic rings. The molecule has 5 nitrogen and oxygen atoms in total. The number of hydrogen-bond donors (Lipinski definition) is 1. The second-order valence-electron chi connectivity index (χ2n) is 5.33. The van der Waals surface area contributed by atoms with E-state index in [-0.39, 0.29) is 0 Å². The van der Waals surface area contributed by atoms with Gasteiger partial charge in [0.05, 0.1) is 23.9 Å². The lowest BCUT2D eigenvalue weighted by Crippen LogP contribution is -2.20. The van der Waals surface area contributed by atoms with Gasteiger partial charge < -0.3 is 10.1 Å². The zero-order valence-electron chi connectivity index (χ0n) is 13.1. The molecule has 0 aliphatic rings. The van der Waals surface area contributed by atoms with Crippen LogP contribution in [0.1, 0.15) is 16.8 Å². The summed E-state index contributed by atoms with van der Waals surface area (Å²) in [6, 6.07) is 8.11. The number of nitrogens with one attached hydrogen (secondary N) is 1. The molecule has 0 unspecified atom stereocenters. The van der Waals surface area contributed by atoms with Gasteiger partial charge in [0, 0.05) is 30.2 Å². The molecule has 23 heavy (non-hydrogen) atoms. The molecule has 1 aromatic carbocycles. The Hall–Kier alpha value is -2.18. The second kappa shape index (κ2) is 7.89. The molecule has 0 bridgehead atoms. The molecule has 0 radical (unpaired) electrons. The lowest BCUT2D eigenvalue weighted by Gasteiger charge is -2.11. The first-order valence-electron chi connectivity index (χ1n) is 7.59. The van der Waals surface area contributed by atoms with Gasteiger partial charge in [-0.15, -0.1) is 11.3 Å². The minimum Gasteiger partial charge on any atom is -0.487 e. The highest BCUT2D eigenvalue weighted by Crippen LogP contribution is 2.19. The van der Waals surface area contributed by atoms with Crippen molar-refractivity contribution >= 4 is 11.3 Å². The van der Waals surface area contributed by atoms with Gasteiger partial charge in [-0.25, -0.2) is 4.98 Å². The van der Waals surface area contributed by atoms with E-state index in [9.17, 15) is 0 Å². The largest absolute Gasteiger partial charge is 0.487 e. The molecule has 1 N–H and O–H groups in total. The van der Waals surface area contributed by atoms with Crippen LogP contribution in [-0.4, -0.2) is 21.3 Å². The Kier molecular flexibility index (Phi) is 5.39. The number of ether oxygens (including phenoxy) is 1. The van der Waals surface area contributed by atoms with E-state index in [1.165, 1.54) is 5.56 Å². The summed E-state index contributed by atoms with van der Waals surface area (Å²) in [5, 5.41) is 9.73. The zero-order valence-corrected chi connectivity index (χ0v) is 13.9. The second-order valence-corrected chi connectivity index (χ2v) is 6.05. The first-order chi connectivity index (χ1) is 11.3. The molecule has 120 valence electrons. The average Bonchev–Trinajstić information content (AvgIpc) is 3.22. The maximum atomic E-state index is 5.89.